The van der Waals surface area contributed by atoms with Gasteiger partial charge in [0.05, 0.1) is 29.3 Å². The Balaban J connectivity index is 2.69. The van der Waals surface area contributed by atoms with Crippen molar-refractivity contribution < 1.29 is 8.42 Å². The molecule has 0 aromatic carbocycles. The van der Waals surface area contributed by atoms with E-state index in [-0.39, 0.29) is 11.0 Å². The van der Waals surface area contributed by atoms with Gasteiger partial charge in [-0.25, -0.2) is 8.42 Å². The van der Waals surface area contributed by atoms with Gasteiger partial charge >= 0.3 is 0 Å². The molecule has 0 unspecified atom stereocenters. The molecule has 1 aromatic heterocycles. The third-order valence-corrected chi connectivity index (χ3v) is 4.71. The first-order valence-corrected chi connectivity index (χ1v) is 7.25. The number of aryl methyl sites for hydroxylation is 1. The standard InChI is InChI=1S/C10H20N4O2S/c1-8(2)17(15,16)6-5-14-7-9(12-13-14)10(3,4)11/h7-8H,5-6,11H2,1-4H3. The van der Waals surface area contributed by atoms with Gasteiger partial charge in [-0.3, -0.25) is 4.68 Å². The lowest BCUT2D eigenvalue weighted by atomic mass is 10.0. The van der Waals surface area contributed by atoms with Crippen molar-refractivity contribution in [2.75, 3.05) is 5.75 Å². The summed E-state index contributed by atoms with van der Waals surface area (Å²) in [5, 5.41) is 7.43. The lowest BCUT2D eigenvalue weighted by Gasteiger charge is -2.13. The van der Waals surface area contributed by atoms with Crippen molar-refractivity contribution >= 4 is 9.84 Å². The third kappa shape index (κ3) is 3.78. The van der Waals surface area contributed by atoms with Crippen LogP contribution in [0.4, 0.5) is 0 Å². The van der Waals surface area contributed by atoms with Crippen LogP contribution in [0.25, 0.3) is 0 Å². The number of nitrogens with zero attached hydrogens (tertiary/aromatic N) is 3. The monoisotopic (exact) mass is 260 g/mol. The van der Waals surface area contributed by atoms with Crippen LogP contribution in [0.3, 0.4) is 0 Å². The summed E-state index contributed by atoms with van der Waals surface area (Å²) in [6.07, 6.45) is 1.69. The Labute approximate surface area is 102 Å². The Kier molecular flexibility index (Phi) is 3.93. The first-order chi connectivity index (χ1) is 7.63. The zero-order valence-electron chi connectivity index (χ0n) is 10.7. The molecule has 0 fully saturated rings. The highest BCUT2D eigenvalue weighted by Gasteiger charge is 2.20. The lowest BCUT2D eigenvalue weighted by molar-refractivity contribution is 0.533. The maximum Gasteiger partial charge on any atom is 0.154 e. The van der Waals surface area contributed by atoms with Gasteiger partial charge in [-0.2, -0.15) is 0 Å². The minimum absolute atomic E-state index is 0.0679. The molecule has 7 heteroatoms. The van der Waals surface area contributed by atoms with Gasteiger partial charge in [0.25, 0.3) is 0 Å². The second-order valence-electron chi connectivity index (χ2n) is 5.00. The molecule has 0 spiro atoms. The highest BCUT2D eigenvalue weighted by atomic mass is 32.2. The van der Waals surface area contributed by atoms with Crippen LogP contribution >= 0.6 is 0 Å². The van der Waals surface area contributed by atoms with E-state index in [9.17, 15) is 8.42 Å². The van der Waals surface area contributed by atoms with Crippen molar-refractivity contribution in [3.05, 3.63) is 11.9 Å². The summed E-state index contributed by atoms with van der Waals surface area (Å²) in [6.45, 7) is 7.30. The van der Waals surface area contributed by atoms with Gasteiger partial charge in [0.2, 0.25) is 0 Å². The van der Waals surface area contributed by atoms with Crippen molar-refractivity contribution in [3.8, 4) is 0 Å². The molecule has 17 heavy (non-hydrogen) atoms. The van der Waals surface area contributed by atoms with Crippen LogP contribution in [0.2, 0.25) is 0 Å². The summed E-state index contributed by atoms with van der Waals surface area (Å²) in [7, 11) is -3.04. The highest BCUT2D eigenvalue weighted by molar-refractivity contribution is 7.91. The molecular weight excluding hydrogens is 240 g/mol. The Hall–Kier alpha value is -0.950. The normalized spacial score (nSPS) is 13.3. The molecule has 0 saturated heterocycles. The number of rotatable bonds is 5. The molecule has 6 nitrogen and oxygen atoms in total. The van der Waals surface area contributed by atoms with E-state index in [2.05, 4.69) is 10.3 Å². The van der Waals surface area contributed by atoms with E-state index < -0.39 is 15.4 Å². The second-order valence-corrected chi connectivity index (χ2v) is 7.68. The van der Waals surface area contributed by atoms with Crippen molar-refractivity contribution in [3.63, 3.8) is 0 Å². The first kappa shape index (κ1) is 14.1. The summed E-state index contributed by atoms with van der Waals surface area (Å²) in [4.78, 5) is 0. The fraction of sp³-hybridized carbons (Fsp3) is 0.800. The number of sulfone groups is 1. The fourth-order valence-corrected chi connectivity index (χ4v) is 2.07. The summed E-state index contributed by atoms with van der Waals surface area (Å²) in [5.74, 6) is 0.0679. The molecule has 0 amide bonds. The Morgan fingerprint density at radius 3 is 2.47 bits per heavy atom. The van der Waals surface area contributed by atoms with Crippen LogP contribution in [-0.4, -0.2) is 34.4 Å². The van der Waals surface area contributed by atoms with E-state index >= 15 is 0 Å². The molecule has 0 aliphatic carbocycles. The molecule has 0 atom stereocenters. The number of hydrogen-bond acceptors (Lipinski definition) is 5. The molecule has 1 heterocycles. The maximum atomic E-state index is 11.6. The molecule has 98 valence electrons. The predicted octanol–water partition coefficient (Wildman–Crippen LogP) is 0.295. The van der Waals surface area contributed by atoms with Crippen molar-refractivity contribution in [2.24, 2.45) is 5.73 Å². The quantitative estimate of drug-likeness (QED) is 0.822. The van der Waals surface area contributed by atoms with Crippen LogP contribution in [0.1, 0.15) is 33.4 Å². The minimum atomic E-state index is -3.04. The number of aromatic nitrogens is 3. The molecule has 1 rings (SSSR count). The average molecular weight is 260 g/mol. The molecule has 0 bridgehead atoms. The maximum absolute atomic E-state index is 11.6. The summed E-state index contributed by atoms with van der Waals surface area (Å²) >= 11 is 0. The molecule has 0 aliphatic rings. The molecule has 1 aromatic rings. The van der Waals surface area contributed by atoms with Gasteiger partial charge in [0.1, 0.15) is 5.69 Å². The Bertz CT molecular complexity index is 471. The zero-order valence-corrected chi connectivity index (χ0v) is 11.5. The lowest BCUT2D eigenvalue weighted by Crippen LogP contribution is -2.29. The molecular formula is C10H20N4O2S. The van der Waals surface area contributed by atoms with Crippen molar-refractivity contribution in [2.45, 2.75) is 45.0 Å². The van der Waals surface area contributed by atoms with E-state index in [1.54, 1.807) is 20.0 Å². The van der Waals surface area contributed by atoms with Crippen LogP contribution < -0.4 is 5.73 Å². The van der Waals surface area contributed by atoms with E-state index in [4.69, 9.17) is 5.73 Å². The smallest absolute Gasteiger partial charge is 0.154 e. The van der Waals surface area contributed by atoms with E-state index in [1.165, 1.54) is 4.68 Å². The second kappa shape index (κ2) is 4.73. The Morgan fingerprint density at radius 2 is 2.06 bits per heavy atom. The molecule has 0 radical (unpaired) electrons. The minimum Gasteiger partial charge on any atom is -0.320 e. The predicted molar refractivity (Wildman–Crippen MR) is 66.2 cm³/mol. The summed E-state index contributed by atoms with van der Waals surface area (Å²) < 4.78 is 24.8. The van der Waals surface area contributed by atoms with E-state index in [1.807, 2.05) is 13.8 Å². The molecule has 0 aliphatic heterocycles. The summed E-state index contributed by atoms with van der Waals surface area (Å²) in [6, 6.07) is 0. The molecule has 2 N–H and O–H groups in total. The van der Waals surface area contributed by atoms with Gasteiger partial charge in [0.15, 0.2) is 9.84 Å². The van der Waals surface area contributed by atoms with Crippen LogP contribution in [0, 0.1) is 0 Å². The Morgan fingerprint density at radius 1 is 1.47 bits per heavy atom. The van der Waals surface area contributed by atoms with Gasteiger partial charge in [-0.1, -0.05) is 5.21 Å². The SMILES string of the molecule is CC(C)S(=O)(=O)CCn1cc(C(C)(C)N)nn1. The van der Waals surface area contributed by atoms with Crippen LogP contribution in [0.15, 0.2) is 6.20 Å². The number of nitrogens with two attached hydrogens (primary N) is 1. The summed E-state index contributed by atoms with van der Waals surface area (Å²) in [5.41, 5.74) is 5.96. The van der Waals surface area contributed by atoms with Gasteiger partial charge < -0.3 is 5.73 Å². The third-order valence-electron chi connectivity index (χ3n) is 2.52. The molecule has 0 saturated carbocycles. The van der Waals surface area contributed by atoms with E-state index in [0.29, 0.717) is 12.2 Å². The topological polar surface area (TPSA) is 90.9 Å². The van der Waals surface area contributed by atoms with Crippen LogP contribution in [0.5, 0.6) is 0 Å². The average Bonchev–Trinajstić information content (AvgIpc) is 2.62. The van der Waals surface area contributed by atoms with Gasteiger partial charge in [-0.05, 0) is 27.7 Å². The largest absolute Gasteiger partial charge is 0.320 e. The van der Waals surface area contributed by atoms with Gasteiger partial charge in [0, 0.05) is 0 Å². The zero-order chi connectivity index (χ0) is 13.3. The fourth-order valence-electron chi connectivity index (χ4n) is 1.16. The van der Waals surface area contributed by atoms with Crippen molar-refractivity contribution in [1.82, 2.24) is 15.0 Å². The first-order valence-electron chi connectivity index (χ1n) is 5.54. The number of hydrogen-bond donors (Lipinski definition) is 1. The highest BCUT2D eigenvalue weighted by Crippen LogP contribution is 2.12. The van der Waals surface area contributed by atoms with Crippen LogP contribution in [-0.2, 0) is 21.9 Å². The van der Waals surface area contributed by atoms with E-state index in [0.717, 1.165) is 0 Å². The van der Waals surface area contributed by atoms with Gasteiger partial charge in [-0.15, -0.1) is 5.10 Å². The van der Waals surface area contributed by atoms with Crippen molar-refractivity contribution in [1.29, 1.82) is 0 Å².